The van der Waals surface area contributed by atoms with Gasteiger partial charge < -0.3 is 81.9 Å². The molecule has 90 heavy (non-hydrogen) atoms. The third-order valence-electron chi connectivity index (χ3n) is 14.4. The lowest BCUT2D eigenvalue weighted by Gasteiger charge is -2.30. The summed E-state index contributed by atoms with van der Waals surface area (Å²) in [5.41, 5.74) is 30.1. The van der Waals surface area contributed by atoms with Gasteiger partial charge in [0.15, 0.2) is 12.2 Å². The molecule has 0 spiro atoms. The molecule has 0 radical (unpaired) electrons. The molecule has 4 unspecified atom stereocenters. The predicted octanol–water partition coefficient (Wildman–Crippen LogP) is 4.26. The molecule has 0 saturated carbocycles. The molecule has 0 heterocycles. The van der Waals surface area contributed by atoms with Crippen LogP contribution in [-0.2, 0) is 110 Å². The Hall–Kier alpha value is -8.37. The van der Waals surface area contributed by atoms with Gasteiger partial charge in [-0.1, -0.05) is 166 Å². The number of hydrogen-bond acceptors (Lipinski definition) is 24. The number of nitrogens with two attached hydrogens (primary N) is 5. The van der Waals surface area contributed by atoms with Gasteiger partial charge in [0.2, 0.25) is 12.2 Å². The number of carboxylic acid groups (broad SMARTS) is 3. The Morgan fingerprint density at radius 1 is 0.444 bits per heavy atom. The molecule has 0 aliphatic heterocycles. The van der Waals surface area contributed by atoms with E-state index in [9.17, 15) is 63.0 Å². The molecule has 12 atom stereocenters. The first-order valence-corrected chi connectivity index (χ1v) is 29.3. The van der Waals surface area contributed by atoms with Crippen LogP contribution in [0.1, 0.15) is 124 Å². The minimum atomic E-state index is -1.97. The Balaban J connectivity index is 0.000000685. The topological polar surface area (TPSA) is 452 Å². The third kappa shape index (κ3) is 28.4. The third-order valence-corrected chi connectivity index (χ3v) is 14.4. The van der Waals surface area contributed by atoms with Gasteiger partial charge in [-0.05, 0) is 53.7 Å². The molecule has 27 nitrogen and oxygen atoms in total. The highest BCUT2D eigenvalue weighted by atomic mass is 16.6. The maximum absolute atomic E-state index is 12.6. The van der Waals surface area contributed by atoms with E-state index in [0.29, 0.717) is 24.0 Å². The van der Waals surface area contributed by atoms with Crippen molar-refractivity contribution in [3.05, 3.63) is 108 Å². The summed E-state index contributed by atoms with van der Waals surface area (Å²) in [6.07, 6.45) is -7.49. The van der Waals surface area contributed by atoms with E-state index in [4.69, 9.17) is 71.7 Å². The normalized spacial score (nSPS) is 15.3. The molecular weight excluding hydrogens is 1180 g/mol. The Morgan fingerprint density at radius 3 is 1.08 bits per heavy atom. The van der Waals surface area contributed by atoms with Gasteiger partial charge in [0, 0.05) is 0 Å². The second-order valence-corrected chi connectivity index (χ2v) is 22.0. The Bertz CT molecular complexity index is 2760. The van der Waals surface area contributed by atoms with Crippen molar-refractivity contribution in [2.45, 2.75) is 182 Å². The van der Waals surface area contributed by atoms with Gasteiger partial charge in [-0.2, -0.15) is 0 Å². The molecule has 0 saturated heterocycles. The zero-order chi connectivity index (χ0) is 68.4. The first-order chi connectivity index (χ1) is 42.3. The van der Waals surface area contributed by atoms with Crippen LogP contribution in [0.15, 0.2) is 91.0 Å². The quantitative estimate of drug-likeness (QED) is 0.0301. The van der Waals surface area contributed by atoms with E-state index in [-0.39, 0.29) is 62.9 Å². The monoisotopic (exact) mass is 1270 g/mol. The van der Waals surface area contributed by atoms with Crippen LogP contribution in [0.5, 0.6) is 0 Å². The number of hydrogen-bond donors (Lipinski definition) is 8. The van der Waals surface area contributed by atoms with Crippen molar-refractivity contribution in [3.8, 4) is 0 Å². The van der Waals surface area contributed by atoms with Crippen molar-refractivity contribution in [1.29, 1.82) is 0 Å². The minimum Gasteiger partial charge on any atom is -0.481 e. The van der Waals surface area contributed by atoms with E-state index in [2.05, 4.69) is 0 Å². The number of carbonyl (C=O) groups is 11. The second-order valence-electron chi connectivity index (χ2n) is 22.0. The molecular formula is C63H91N5O22. The maximum Gasteiger partial charge on any atom is 0.349 e. The van der Waals surface area contributed by atoms with Crippen LogP contribution in [0.4, 0.5) is 0 Å². The summed E-state index contributed by atoms with van der Waals surface area (Å²) >= 11 is 0. The van der Waals surface area contributed by atoms with Gasteiger partial charge >= 0.3 is 65.7 Å². The number of aliphatic carboxylic acids is 3. The summed E-state index contributed by atoms with van der Waals surface area (Å²) in [5, 5.41) is 27.8. The average molecular weight is 1270 g/mol. The average Bonchev–Trinajstić information content (AvgIpc) is 2.01. The summed E-state index contributed by atoms with van der Waals surface area (Å²) in [5.74, 6) is -12.4. The van der Waals surface area contributed by atoms with Crippen LogP contribution in [-0.4, -0.2) is 142 Å². The molecule has 0 bridgehead atoms. The summed E-state index contributed by atoms with van der Waals surface area (Å²) in [6.45, 7) is 16.6. The standard InChI is InChI=1S/C24H36N2O8.C22H32N2O8.C17H23NO6/c1-5-14(3)19(25)23(30)33-17(12-18(27)32-13-16-10-8-7-9-11-16)21(22(28)29)34-24(31)20(26)15(4)6-2;1-12(2)17(23)21(28)31-15(10-16(25)30-11-14-8-6-5-7-9-14)19(20(26)27)32-22(29)18(24)13(3)4;1-3-17(2,14(18)15(21)23-10-9-13(19)20)16(22)24-11-12-7-5-4-6-8-12/h7-11,14-15,17,19-21H,5-6,12-13,25-26H2,1-4H3,(H,28,29);5-9,12-13,15,17-19H,10-11,23-24H2,1-4H3,(H,26,27);4-8,14H,3,9-11,18H2,1-2H3,(H,19,20)/t14-,15-,17?,19-,20-,21?;15?,17-,18-,19?;14-,17-/m001/s1. The zero-order valence-corrected chi connectivity index (χ0v) is 52.7. The molecule has 0 fully saturated rings. The number of ether oxygens (including phenoxy) is 8. The van der Waals surface area contributed by atoms with Gasteiger partial charge in [0.25, 0.3) is 0 Å². The molecule has 0 aromatic heterocycles. The molecule has 3 rings (SSSR count). The lowest BCUT2D eigenvalue weighted by molar-refractivity contribution is -0.184. The highest BCUT2D eigenvalue weighted by molar-refractivity contribution is 5.88. The van der Waals surface area contributed by atoms with Gasteiger partial charge in [-0.25, -0.2) is 9.59 Å². The SMILES string of the molecule is CC(C)[C@H](N)C(=O)OC(CC(=O)OCc1ccccc1)C(OC(=O)[C@@H](N)C(C)C)C(=O)O.CC[C@@](C)(C(=O)OCc1ccccc1)[C@H](N)C(=O)OCCC(=O)O.CC[C@H](C)[C@H](N)C(=O)OC(CC(=O)OCc1ccccc1)C(OC(=O)[C@@H](N)[C@@H](C)CC)C(=O)O. The van der Waals surface area contributed by atoms with Crippen LogP contribution in [0.3, 0.4) is 0 Å². The van der Waals surface area contributed by atoms with E-state index in [1.165, 1.54) is 6.92 Å². The van der Waals surface area contributed by atoms with Crippen molar-refractivity contribution in [3.63, 3.8) is 0 Å². The number of carboxylic acids is 3. The Kier molecular flexibility index (Phi) is 36.3. The fraction of sp³-hybridized carbons (Fsp3) is 0.540. The van der Waals surface area contributed by atoms with E-state index < -0.39 is 139 Å². The van der Waals surface area contributed by atoms with Gasteiger partial charge in [0.1, 0.15) is 56.6 Å². The van der Waals surface area contributed by atoms with E-state index in [0.717, 1.165) is 5.56 Å². The number of benzene rings is 3. The smallest absolute Gasteiger partial charge is 0.349 e. The molecule has 3 aromatic carbocycles. The minimum absolute atomic E-state index is 0.0663. The molecule has 0 aliphatic rings. The highest BCUT2D eigenvalue weighted by Gasteiger charge is 2.45. The van der Waals surface area contributed by atoms with Crippen molar-refractivity contribution in [2.24, 2.45) is 57.8 Å². The Morgan fingerprint density at radius 2 is 0.767 bits per heavy atom. The lowest BCUT2D eigenvalue weighted by Crippen LogP contribution is -2.51. The second kappa shape index (κ2) is 41.0. The van der Waals surface area contributed by atoms with E-state index >= 15 is 0 Å². The van der Waals surface area contributed by atoms with Crippen molar-refractivity contribution in [2.75, 3.05) is 6.61 Å². The number of esters is 8. The number of rotatable bonds is 35. The molecule has 0 aliphatic carbocycles. The molecule has 3 aromatic rings. The van der Waals surface area contributed by atoms with Gasteiger partial charge in [0.05, 0.1) is 24.7 Å². The first-order valence-electron chi connectivity index (χ1n) is 29.3. The van der Waals surface area contributed by atoms with Crippen LogP contribution >= 0.6 is 0 Å². The maximum atomic E-state index is 12.6. The van der Waals surface area contributed by atoms with Crippen LogP contribution < -0.4 is 28.7 Å². The summed E-state index contributed by atoms with van der Waals surface area (Å²) in [7, 11) is 0. The molecule has 13 N–H and O–H groups in total. The van der Waals surface area contributed by atoms with E-state index in [1.54, 1.807) is 109 Å². The predicted molar refractivity (Wildman–Crippen MR) is 323 cm³/mol. The highest BCUT2D eigenvalue weighted by Crippen LogP contribution is 2.28. The Labute approximate surface area is 524 Å². The van der Waals surface area contributed by atoms with Crippen LogP contribution in [0.25, 0.3) is 0 Å². The van der Waals surface area contributed by atoms with Gasteiger partial charge in [-0.15, -0.1) is 0 Å². The molecule has 0 amide bonds. The summed E-state index contributed by atoms with van der Waals surface area (Å²) in [4.78, 5) is 133. The van der Waals surface area contributed by atoms with Gasteiger partial charge in [-0.3, -0.25) is 43.2 Å². The van der Waals surface area contributed by atoms with Crippen molar-refractivity contribution >= 4 is 65.7 Å². The van der Waals surface area contributed by atoms with Crippen molar-refractivity contribution < 1.29 is 106 Å². The molecule has 500 valence electrons. The number of carbonyl (C=O) groups excluding carboxylic acids is 8. The first kappa shape index (κ1) is 79.6. The van der Waals surface area contributed by atoms with Crippen LogP contribution in [0.2, 0.25) is 0 Å². The largest absolute Gasteiger partial charge is 0.481 e. The van der Waals surface area contributed by atoms with Crippen LogP contribution in [0, 0.1) is 29.1 Å². The zero-order valence-electron chi connectivity index (χ0n) is 52.7. The lowest BCUT2D eigenvalue weighted by atomic mass is 9.80. The molecule has 27 heteroatoms. The summed E-state index contributed by atoms with van der Waals surface area (Å²) in [6, 6.07) is 21.2. The fourth-order valence-electron chi connectivity index (χ4n) is 7.26. The summed E-state index contributed by atoms with van der Waals surface area (Å²) < 4.78 is 41.0. The van der Waals surface area contributed by atoms with Crippen molar-refractivity contribution in [1.82, 2.24) is 0 Å². The fourth-order valence-corrected chi connectivity index (χ4v) is 7.26. The van der Waals surface area contributed by atoms with E-state index in [1.807, 2.05) is 44.2 Å².